The minimum absolute atomic E-state index is 0.0200. The number of aliphatic hydroxyl groups is 2. The summed E-state index contributed by atoms with van der Waals surface area (Å²) in [6, 6.07) is 0. The summed E-state index contributed by atoms with van der Waals surface area (Å²) in [5.41, 5.74) is 0. The molecule has 0 aromatic carbocycles. The van der Waals surface area contributed by atoms with E-state index in [1.54, 1.807) is 0 Å². The van der Waals surface area contributed by atoms with Gasteiger partial charge in [-0.3, -0.25) is 0 Å². The maximum absolute atomic E-state index is 10.2. The number of fused-ring (bicyclic) bond motifs is 2. The molecule has 0 aliphatic heterocycles. The van der Waals surface area contributed by atoms with E-state index < -0.39 is 0 Å². The molecule has 2 heteroatoms. The quantitative estimate of drug-likeness (QED) is 0.629. The van der Waals surface area contributed by atoms with Crippen LogP contribution in [-0.4, -0.2) is 22.9 Å². The average molecular weight is 192 g/mol. The predicted octanol–water partition coefficient (Wildman–Crippen LogP) is 0.343. The smallest absolute Gasteiger partial charge is 0.0607 e. The van der Waals surface area contributed by atoms with Gasteiger partial charge in [-0.05, 0) is 59.7 Å². The van der Waals surface area contributed by atoms with Crippen LogP contribution in [0.1, 0.15) is 6.42 Å². The molecule has 2 nitrogen and oxygen atoms in total. The van der Waals surface area contributed by atoms with Gasteiger partial charge in [-0.2, -0.15) is 0 Å². The van der Waals surface area contributed by atoms with E-state index in [0.29, 0.717) is 30.3 Å². The first-order valence-electron chi connectivity index (χ1n) is 6.13. The normalized spacial score (nSPS) is 80.1. The van der Waals surface area contributed by atoms with E-state index in [-0.39, 0.29) is 6.10 Å². The van der Waals surface area contributed by atoms with Gasteiger partial charge in [0.1, 0.15) is 0 Å². The monoisotopic (exact) mass is 192 g/mol. The fraction of sp³-hybridized carbons (Fsp3) is 1.00. The Morgan fingerprint density at radius 1 is 0.857 bits per heavy atom. The van der Waals surface area contributed by atoms with Crippen LogP contribution < -0.4 is 0 Å². The molecule has 0 aromatic heterocycles. The third-order valence-electron chi connectivity index (χ3n) is 6.73. The van der Waals surface area contributed by atoms with Gasteiger partial charge >= 0.3 is 0 Å². The van der Waals surface area contributed by atoms with Gasteiger partial charge in [0.15, 0.2) is 0 Å². The topological polar surface area (TPSA) is 40.5 Å². The first kappa shape index (κ1) is 7.24. The molecule has 5 fully saturated rings. The Morgan fingerprint density at radius 2 is 1.57 bits per heavy atom. The van der Waals surface area contributed by atoms with Gasteiger partial charge < -0.3 is 10.2 Å². The van der Waals surface area contributed by atoms with Crippen molar-refractivity contribution >= 4 is 0 Å². The van der Waals surface area contributed by atoms with Crippen molar-refractivity contribution in [1.29, 1.82) is 0 Å². The van der Waals surface area contributed by atoms with E-state index >= 15 is 0 Å². The van der Waals surface area contributed by atoms with Crippen molar-refractivity contribution in [2.24, 2.45) is 53.3 Å². The zero-order valence-electron chi connectivity index (χ0n) is 8.08. The predicted molar refractivity (Wildman–Crippen MR) is 49.1 cm³/mol. The third kappa shape index (κ3) is 0.424. The number of hydrogen-bond donors (Lipinski definition) is 2. The molecule has 2 N–H and O–H groups in total. The maximum atomic E-state index is 10.2. The second-order valence-corrected chi connectivity index (χ2v) is 6.36. The Balaban J connectivity index is 1.75. The number of rotatable bonds is 1. The van der Waals surface area contributed by atoms with Crippen molar-refractivity contribution in [1.82, 2.24) is 0 Å². The molecule has 5 rings (SSSR count). The summed E-state index contributed by atoms with van der Waals surface area (Å²) in [6.07, 6.45) is 1.41. The summed E-state index contributed by atoms with van der Waals surface area (Å²) in [5, 5.41) is 19.7. The molecule has 0 saturated heterocycles. The Morgan fingerprint density at radius 3 is 2.36 bits per heavy atom. The van der Waals surface area contributed by atoms with Crippen LogP contribution in [0, 0.1) is 53.3 Å². The van der Waals surface area contributed by atoms with Gasteiger partial charge in [-0.25, -0.2) is 0 Å². The fourth-order valence-electron chi connectivity index (χ4n) is 6.92. The van der Waals surface area contributed by atoms with E-state index in [0.717, 1.165) is 29.6 Å². The van der Waals surface area contributed by atoms with Gasteiger partial charge in [-0.15, -0.1) is 0 Å². The molecule has 0 radical (unpaired) electrons. The molecular weight excluding hydrogens is 176 g/mol. The second kappa shape index (κ2) is 1.80. The van der Waals surface area contributed by atoms with Crippen molar-refractivity contribution in [3.63, 3.8) is 0 Å². The van der Waals surface area contributed by atoms with E-state index in [2.05, 4.69) is 0 Å². The molecule has 5 saturated carbocycles. The molecular formula is C12H16O2. The highest BCUT2D eigenvalue weighted by Crippen LogP contribution is 2.84. The molecule has 0 amide bonds. The van der Waals surface area contributed by atoms with Crippen LogP contribution in [0.4, 0.5) is 0 Å². The van der Waals surface area contributed by atoms with Crippen molar-refractivity contribution in [3.05, 3.63) is 0 Å². The molecule has 10 unspecified atom stereocenters. The van der Waals surface area contributed by atoms with E-state index in [9.17, 15) is 10.2 Å². The van der Waals surface area contributed by atoms with E-state index in [4.69, 9.17) is 0 Å². The van der Waals surface area contributed by atoms with Crippen LogP contribution in [0.3, 0.4) is 0 Å². The summed E-state index contributed by atoms with van der Waals surface area (Å²) in [5.74, 6) is 6.81. The van der Waals surface area contributed by atoms with E-state index in [1.807, 2.05) is 0 Å². The van der Waals surface area contributed by atoms with E-state index in [1.165, 1.54) is 6.42 Å². The Labute approximate surface area is 83.3 Å². The lowest BCUT2D eigenvalue weighted by Gasteiger charge is -2.49. The fourth-order valence-corrected chi connectivity index (χ4v) is 6.92. The molecule has 2 bridgehead atoms. The first-order valence-corrected chi connectivity index (χ1v) is 6.13. The second-order valence-electron chi connectivity index (χ2n) is 6.36. The largest absolute Gasteiger partial charge is 0.396 e. The van der Waals surface area contributed by atoms with Crippen LogP contribution in [0.2, 0.25) is 0 Å². The van der Waals surface area contributed by atoms with Crippen molar-refractivity contribution < 1.29 is 10.2 Å². The zero-order chi connectivity index (χ0) is 9.19. The standard InChI is InChI=1S/C12H16O2/c13-2-5-6-3-1-4-8-7(3)9(5)11(8)12(14)10(4)6/h3-14H,1-2H2. The molecule has 10 atom stereocenters. The lowest BCUT2D eigenvalue weighted by atomic mass is 9.57. The van der Waals surface area contributed by atoms with Crippen LogP contribution in [0.25, 0.3) is 0 Å². The van der Waals surface area contributed by atoms with Crippen molar-refractivity contribution in [2.75, 3.05) is 6.61 Å². The first-order chi connectivity index (χ1) is 6.84. The van der Waals surface area contributed by atoms with Gasteiger partial charge in [0.05, 0.1) is 6.10 Å². The Kier molecular flexibility index (Phi) is 0.931. The van der Waals surface area contributed by atoms with Gasteiger partial charge in [0.2, 0.25) is 0 Å². The highest BCUT2D eigenvalue weighted by Gasteiger charge is 2.82. The van der Waals surface area contributed by atoms with Crippen molar-refractivity contribution in [2.45, 2.75) is 12.5 Å². The molecule has 0 heterocycles. The lowest BCUT2D eigenvalue weighted by molar-refractivity contribution is -0.0879. The van der Waals surface area contributed by atoms with Gasteiger partial charge in [0.25, 0.3) is 0 Å². The number of aliphatic hydroxyl groups excluding tert-OH is 2. The minimum Gasteiger partial charge on any atom is -0.396 e. The third-order valence-corrected chi connectivity index (χ3v) is 6.73. The van der Waals surface area contributed by atoms with Crippen molar-refractivity contribution in [3.8, 4) is 0 Å². The SMILES string of the molecule is OCC1C2C3CC4C2C(O)C2C4C3C12. The maximum Gasteiger partial charge on any atom is 0.0607 e. The minimum atomic E-state index is 0.0200. The summed E-state index contributed by atoms with van der Waals surface area (Å²) < 4.78 is 0. The molecule has 14 heavy (non-hydrogen) atoms. The summed E-state index contributed by atoms with van der Waals surface area (Å²) in [6.45, 7) is 0.390. The number of hydrogen-bond acceptors (Lipinski definition) is 2. The highest BCUT2D eigenvalue weighted by atomic mass is 16.3. The average Bonchev–Trinajstić information content (AvgIpc) is 2.62. The van der Waals surface area contributed by atoms with Crippen LogP contribution in [-0.2, 0) is 0 Å². The Bertz CT molecular complexity index is 326. The van der Waals surface area contributed by atoms with Crippen LogP contribution >= 0.6 is 0 Å². The highest BCUT2D eigenvalue weighted by molar-refractivity contribution is 5.30. The lowest BCUT2D eigenvalue weighted by Crippen LogP contribution is -2.50. The van der Waals surface area contributed by atoms with Gasteiger partial charge in [-0.1, -0.05) is 0 Å². The van der Waals surface area contributed by atoms with Crippen LogP contribution in [0.5, 0.6) is 0 Å². The van der Waals surface area contributed by atoms with Crippen LogP contribution in [0.15, 0.2) is 0 Å². The summed E-state index contributed by atoms with van der Waals surface area (Å²) in [4.78, 5) is 0. The molecule has 0 aromatic rings. The molecule has 5 aliphatic carbocycles. The zero-order valence-corrected chi connectivity index (χ0v) is 8.08. The summed E-state index contributed by atoms with van der Waals surface area (Å²) >= 11 is 0. The molecule has 0 spiro atoms. The summed E-state index contributed by atoms with van der Waals surface area (Å²) in [7, 11) is 0. The molecule has 76 valence electrons. The Hall–Kier alpha value is -0.0800. The van der Waals surface area contributed by atoms with Gasteiger partial charge in [0, 0.05) is 6.61 Å². The molecule has 5 aliphatic rings.